The first-order valence-corrected chi connectivity index (χ1v) is 6.54. The predicted octanol–water partition coefficient (Wildman–Crippen LogP) is 4.45. The minimum atomic E-state index is 0.340. The van der Waals surface area contributed by atoms with Crippen LogP contribution in [0.2, 0.25) is 10.3 Å². The molecule has 0 atom stereocenters. The van der Waals surface area contributed by atoms with Crippen LogP contribution in [0.3, 0.4) is 0 Å². The second-order valence-electron chi connectivity index (χ2n) is 3.70. The van der Waals surface area contributed by atoms with E-state index in [-0.39, 0.29) is 0 Å². The highest BCUT2D eigenvalue weighted by Crippen LogP contribution is 2.27. The van der Waals surface area contributed by atoms with Gasteiger partial charge in [-0.05, 0) is 28.4 Å². The quantitative estimate of drug-likeness (QED) is 0.760. The number of nitrogens with zero attached hydrogens (tertiary/aromatic N) is 2. The normalized spacial score (nSPS) is 10.6. The van der Waals surface area contributed by atoms with Crippen molar-refractivity contribution in [2.45, 2.75) is 13.3 Å². The molecular formula is C12H9BrCl2N2. The summed E-state index contributed by atoms with van der Waals surface area (Å²) in [5.41, 5.74) is 2.34. The smallest absolute Gasteiger partial charge is 0.148 e. The fourth-order valence-corrected chi connectivity index (χ4v) is 2.12. The number of rotatable bonds is 2. The maximum atomic E-state index is 5.93. The van der Waals surface area contributed by atoms with Crippen LogP contribution in [0.15, 0.2) is 28.7 Å². The molecule has 1 aromatic heterocycles. The van der Waals surface area contributed by atoms with Crippen molar-refractivity contribution in [3.8, 4) is 0 Å². The zero-order chi connectivity index (χ0) is 12.4. The first kappa shape index (κ1) is 12.8. The van der Waals surface area contributed by atoms with Crippen LogP contribution in [-0.4, -0.2) is 9.97 Å². The molecule has 88 valence electrons. The Hall–Kier alpha value is -0.640. The Bertz CT molecular complexity index is 535. The van der Waals surface area contributed by atoms with Gasteiger partial charge in [0, 0.05) is 6.42 Å². The molecule has 17 heavy (non-hydrogen) atoms. The van der Waals surface area contributed by atoms with E-state index in [1.807, 2.05) is 25.1 Å². The van der Waals surface area contributed by atoms with Gasteiger partial charge >= 0.3 is 0 Å². The highest BCUT2D eigenvalue weighted by atomic mass is 79.9. The number of aryl methyl sites for hydroxylation is 1. The minimum absolute atomic E-state index is 0.340. The summed E-state index contributed by atoms with van der Waals surface area (Å²) in [6.07, 6.45) is 0.619. The lowest BCUT2D eigenvalue weighted by atomic mass is 10.1. The Balaban J connectivity index is 2.31. The molecule has 0 spiro atoms. The number of halogens is 3. The van der Waals surface area contributed by atoms with Gasteiger partial charge in [-0.2, -0.15) is 0 Å². The highest BCUT2D eigenvalue weighted by Gasteiger charge is 2.09. The van der Waals surface area contributed by atoms with Crippen molar-refractivity contribution in [1.29, 1.82) is 0 Å². The molecule has 2 aromatic rings. The molecule has 5 heteroatoms. The van der Waals surface area contributed by atoms with Gasteiger partial charge in [-0.25, -0.2) is 9.97 Å². The van der Waals surface area contributed by atoms with Crippen LogP contribution in [0.5, 0.6) is 0 Å². The van der Waals surface area contributed by atoms with E-state index in [0.717, 1.165) is 5.56 Å². The van der Waals surface area contributed by atoms with Gasteiger partial charge in [0.1, 0.15) is 16.1 Å². The maximum absolute atomic E-state index is 5.93. The van der Waals surface area contributed by atoms with Crippen LogP contribution in [0.1, 0.15) is 17.0 Å². The Morgan fingerprint density at radius 2 is 1.82 bits per heavy atom. The summed E-state index contributed by atoms with van der Waals surface area (Å²) in [5.74, 6) is 0.619. The first-order chi connectivity index (χ1) is 8.06. The van der Waals surface area contributed by atoms with Crippen LogP contribution in [-0.2, 0) is 6.42 Å². The lowest BCUT2D eigenvalue weighted by Crippen LogP contribution is -1.98. The van der Waals surface area contributed by atoms with Gasteiger partial charge in [0.2, 0.25) is 0 Å². The zero-order valence-corrected chi connectivity index (χ0v) is 12.1. The molecule has 2 nitrogen and oxygen atoms in total. The molecular weight excluding hydrogens is 323 g/mol. The lowest BCUT2D eigenvalue weighted by molar-refractivity contribution is 0.961. The van der Waals surface area contributed by atoms with Crippen molar-refractivity contribution < 1.29 is 0 Å². The molecule has 0 radical (unpaired) electrons. The third-order valence-electron chi connectivity index (χ3n) is 2.26. The Morgan fingerprint density at radius 3 is 2.41 bits per heavy atom. The topological polar surface area (TPSA) is 25.8 Å². The largest absolute Gasteiger partial charge is 0.220 e. The van der Waals surface area contributed by atoms with E-state index in [9.17, 15) is 0 Å². The summed E-state index contributed by atoms with van der Waals surface area (Å²) >= 11 is 15.1. The summed E-state index contributed by atoms with van der Waals surface area (Å²) in [5, 5.41) is 0.681. The molecule has 0 N–H and O–H groups in total. The highest BCUT2D eigenvalue weighted by molar-refractivity contribution is 9.10. The van der Waals surface area contributed by atoms with Gasteiger partial charge in [-0.1, -0.05) is 53.0 Å². The van der Waals surface area contributed by atoms with E-state index < -0.39 is 0 Å². The third-order valence-corrected chi connectivity index (χ3v) is 4.02. The van der Waals surface area contributed by atoms with E-state index >= 15 is 0 Å². The van der Waals surface area contributed by atoms with Crippen LogP contribution in [0, 0.1) is 6.92 Å². The van der Waals surface area contributed by atoms with E-state index in [4.69, 9.17) is 23.2 Å². The number of hydrogen-bond donors (Lipinski definition) is 0. The first-order valence-electron chi connectivity index (χ1n) is 4.99. The SMILES string of the molecule is Cc1cccc(Cc2nc(Cl)c(Br)c(Cl)n2)c1. The monoisotopic (exact) mass is 330 g/mol. The predicted molar refractivity (Wildman–Crippen MR) is 73.7 cm³/mol. The Morgan fingerprint density at radius 1 is 1.18 bits per heavy atom. The van der Waals surface area contributed by atoms with E-state index in [2.05, 4.69) is 32.0 Å². The number of hydrogen-bond acceptors (Lipinski definition) is 2. The van der Waals surface area contributed by atoms with Crippen molar-refractivity contribution in [2.24, 2.45) is 0 Å². The molecule has 0 amide bonds. The second kappa shape index (κ2) is 5.34. The van der Waals surface area contributed by atoms with E-state index in [1.54, 1.807) is 0 Å². The summed E-state index contributed by atoms with van der Waals surface area (Å²) in [6, 6.07) is 8.17. The lowest BCUT2D eigenvalue weighted by Gasteiger charge is -2.04. The van der Waals surface area contributed by atoms with Gasteiger partial charge in [0.25, 0.3) is 0 Å². The summed E-state index contributed by atoms with van der Waals surface area (Å²) < 4.78 is 0.536. The molecule has 2 rings (SSSR count). The van der Waals surface area contributed by atoms with Gasteiger partial charge in [0.05, 0.1) is 4.47 Å². The number of benzene rings is 1. The van der Waals surface area contributed by atoms with Crippen molar-refractivity contribution in [2.75, 3.05) is 0 Å². The van der Waals surface area contributed by atoms with Crippen LogP contribution in [0.4, 0.5) is 0 Å². The second-order valence-corrected chi connectivity index (χ2v) is 5.21. The molecule has 0 aliphatic rings. The minimum Gasteiger partial charge on any atom is -0.220 e. The number of aromatic nitrogens is 2. The summed E-state index contributed by atoms with van der Waals surface area (Å²) in [6.45, 7) is 2.05. The van der Waals surface area contributed by atoms with Crippen molar-refractivity contribution >= 4 is 39.1 Å². The van der Waals surface area contributed by atoms with Gasteiger partial charge in [0.15, 0.2) is 0 Å². The molecule has 0 aliphatic heterocycles. The van der Waals surface area contributed by atoms with Crippen molar-refractivity contribution in [3.05, 3.63) is 56.0 Å². The standard InChI is InChI=1S/C12H9BrCl2N2/c1-7-3-2-4-8(5-7)6-9-16-11(14)10(13)12(15)17-9/h2-5H,6H2,1H3. The average molecular weight is 332 g/mol. The average Bonchev–Trinajstić information content (AvgIpc) is 2.26. The summed E-state index contributed by atoms with van der Waals surface area (Å²) in [7, 11) is 0. The molecule has 0 fully saturated rings. The molecule has 0 bridgehead atoms. The molecule has 0 aliphatic carbocycles. The van der Waals surface area contributed by atoms with Crippen LogP contribution < -0.4 is 0 Å². The fourth-order valence-electron chi connectivity index (χ4n) is 1.52. The van der Waals surface area contributed by atoms with Gasteiger partial charge in [-0.3, -0.25) is 0 Å². The maximum Gasteiger partial charge on any atom is 0.148 e. The Labute approximate surface area is 118 Å². The van der Waals surface area contributed by atoms with Crippen molar-refractivity contribution in [1.82, 2.24) is 9.97 Å². The van der Waals surface area contributed by atoms with Gasteiger partial charge < -0.3 is 0 Å². The molecule has 0 unspecified atom stereocenters. The van der Waals surface area contributed by atoms with E-state index in [1.165, 1.54) is 5.56 Å². The molecule has 0 saturated carbocycles. The summed E-state index contributed by atoms with van der Waals surface area (Å²) in [4.78, 5) is 8.36. The van der Waals surface area contributed by atoms with Crippen LogP contribution >= 0.6 is 39.1 Å². The van der Waals surface area contributed by atoms with Crippen molar-refractivity contribution in [3.63, 3.8) is 0 Å². The molecule has 0 saturated heterocycles. The van der Waals surface area contributed by atoms with Gasteiger partial charge in [-0.15, -0.1) is 0 Å². The zero-order valence-electron chi connectivity index (χ0n) is 9.04. The molecule has 1 aromatic carbocycles. The molecule has 1 heterocycles. The fraction of sp³-hybridized carbons (Fsp3) is 0.167. The van der Waals surface area contributed by atoms with Crippen LogP contribution in [0.25, 0.3) is 0 Å². The van der Waals surface area contributed by atoms with E-state index in [0.29, 0.717) is 27.0 Å². The Kier molecular flexibility index (Phi) is 4.02. The third kappa shape index (κ3) is 3.18.